The third kappa shape index (κ3) is 1.88. The van der Waals surface area contributed by atoms with Gasteiger partial charge in [0.05, 0.1) is 6.61 Å². The molecule has 2 aromatic rings. The smallest absolute Gasteiger partial charge is 0.211 e. The molecule has 3 nitrogen and oxygen atoms in total. The fourth-order valence-corrected chi connectivity index (χ4v) is 2.15. The molecule has 18 heavy (non-hydrogen) atoms. The lowest BCUT2D eigenvalue weighted by atomic mass is 10.0. The van der Waals surface area contributed by atoms with Crippen molar-refractivity contribution in [3.8, 4) is 5.75 Å². The Labute approximate surface area is 105 Å². The van der Waals surface area contributed by atoms with Gasteiger partial charge in [-0.25, -0.2) is 4.98 Å². The summed E-state index contributed by atoms with van der Waals surface area (Å²) in [6, 6.07) is 11.1. The maximum atomic E-state index is 12.3. The Kier molecular flexibility index (Phi) is 2.59. The number of ketones is 1. The zero-order valence-electron chi connectivity index (χ0n) is 10.1. The minimum absolute atomic E-state index is 0.0339. The van der Waals surface area contributed by atoms with Crippen LogP contribution in [0, 0.1) is 6.92 Å². The molecule has 0 atom stereocenters. The van der Waals surface area contributed by atoms with Gasteiger partial charge < -0.3 is 4.74 Å². The van der Waals surface area contributed by atoms with Crippen molar-refractivity contribution in [1.82, 2.24) is 4.98 Å². The van der Waals surface area contributed by atoms with Gasteiger partial charge >= 0.3 is 0 Å². The predicted octanol–water partition coefficient (Wildman–Crippen LogP) is 2.56. The van der Waals surface area contributed by atoms with Crippen LogP contribution in [-0.4, -0.2) is 17.4 Å². The van der Waals surface area contributed by atoms with Crippen LogP contribution in [0.5, 0.6) is 5.75 Å². The first-order valence-corrected chi connectivity index (χ1v) is 5.98. The number of aryl methyl sites for hydroxylation is 1. The zero-order chi connectivity index (χ0) is 12.5. The average Bonchev–Trinajstić information content (AvgIpc) is 2.85. The van der Waals surface area contributed by atoms with E-state index in [1.54, 1.807) is 12.1 Å². The van der Waals surface area contributed by atoms with Crippen LogP contribution in [0.15, 0.2) is 36.4 Å². The molecule has 90 valence electrons. The van der Waals surface area contributed by atoms with Gasteiger partial charge in [0.2, 0.25) is 5.78 Å². The molecule has 0 bridgehead atoms. The highest BCUT2D eigenvalue weighted by Crippen LogP contribution is 2.26. The van der Waals surface area contributed by atoms with Gasteiger partial charge in [-0.05, 0) is 42.8 Å². The van der Waals surface area contributed by atoms with Crippen molar-refractivity contribution >= 4 is 5.78 Å². The van der Waals surface area contributed by atoms with Crippen LogP contribution in [0.4, 0.5) is 0 Å². The molecular weight excluding hydrogens is 226 g/mol. The van der Waals surface area contributed by atoms with E-state index in [0.29, 0.717) is 17.9 Å². The van der Waals surface area contributed by atoms with Gasteiger partial charge in [-0.15, -0.1) is 0 Å². The molecular formula is C15H13NO2. The van der Waals surface area contributed by atoms with Crippen LogP contribution < -0.4 is 4.74 Å². The number of carbonyl (C=O) groups is 1. The molecule has 0 radical (unpaired) electrons. The summed E-state index contributed by atoms with van der Waals surface area (Å²) < 4.78 is 5.43. The third-order valence-corrected chi connectivity index (χ3v) is 3.07. The maximum Gasteiger partial charge on any atom is 0.211 e. The summed E-state index contributed by atoms with van der Waals surface area (Å²) >= 11 is 0. The Morgan fingerprint density at radius 2 is 2.17 bits per heavy atom. The molecule has 3 heteroatoms. The van der Waals surface area contributed by atoms with E-state index in [-0.39, 0.29) is 5.78 Å². The van der Waals surface area contributed by atoms with Crippen molar-refractivity contribution in [3.05, 3.63) is 58.9 Å². The standard InChI is InChI=1S/C15H13NO2/c1-10-3-2-4-13(16-10)15(17)12-5-6-14-11(9-12)7-8-18-14/h2-6,9H,7-8H2,1H3. The molecule has 1 aromatic carbocycles. The highest BCUT2D eigenvalue weighted by molar-refractivity contribution is 6.07. The summed E-state index contributed by atoms with van der Waals surface area (Å²) in [5, 5.41) is 0. The van der Waals surface area contributed by atoms with Crippen molar-refractivity contribution < 1.29 is 9.53 Å². The second-order valence-corrected chi connectivity index (χ2v) is 4.41. The van der Waals surface area contributed by atoms with Crippen molar-refractivity contribution in [2.75, 3.05) is 6.61 Å². The summed E-state index contributed by atoms with van der Waals surface area (Å²) in [4.78, 5) is 16.6. The van der Waals surface area contributed by atoms with Crippen LogP contribution >= 0.6 is 0 Å². The lowest BCUT2D eigenvalue weighted by molar-refractivity contribution is 0.103. The van der Waals surface area contributed by atoms with Crippen molar-refractivity contribution in [3.63, 3.8) is 0 Å². The number of pyridine rings is 1. The van der Waals surface area contributed by atoms with Crippen LogP contribution in [0.2, 0.25) is 0 Å². The van der Waals surface area contributed by atoms with E-state index in [1.807, 2.05) is 31.2 Å². The fraction of sp³-hybridized carbons (Fsp3) is 0.200. The molecule has 1 aliphatic heterocycles. The number of nitrogens with zero attached hydrogens (tertiary/aromatic N) is 1. The SMILES string of the molecule is Cc1cccc(C(=O)c2ccc3c(c2)CCO3)n1. The Morgan fingerprint density at radius 1 is 1.28 bits per heavy atom. The Balaban J connectivity index is 1.98. The number of hydrogen-bond acceptors (Lipinski definition) is 3. The summed E-state index contributed by atoms with van der Waals surface area (Å²) in [6.45, 7) is 2.59. The first-order valence-electron chi connectivity index (χ1n) is 5.98. The molecule has 0 amide bonds. The molecule has 0 fully saturated rings. The van der Waals surface area contributed by atoms with E-state index in [0.717, 1.165) is 23.4 Å². The van der Waals surface area contributed by atoms with Gasteiger partial charge in [0.1, 0.15) is 11.4 Å². The number of carbonyl (C=O) groups excluding carboxylic acids is 1. The van der Waals surface area contributed by atoms with Crippen molar-refractivity contribution in [1.29, 1.82) is 0 Å². The van der Waals surface area contributed by atoms with Crippen molar-refractivity contribution in [2.24, 2.45) is 0 Å². The van der Waals surface area contributed by atoms with Crippen LogP contribution in [0.25, 0.3) is 0 Å². The molecule has 1 aromatic heterocycles. The van der Waals surface area contributed by atoms with E-state index in [4.69, 9.17) is 4.74 Å². The quantitative estimate of drug-likeness (QED) is 0.756. The highest BCUT2D eigenvalue weighted by Gasteiger charge is 2.16. The number of benzene rings is 1. The van der Waals surface area contributed by atoms with Gasteiger partial charge in [0.25, 0.3) is 0 Å². The Bertz CT molecular complexity index is 620. The minimum Gasteiger partial charge on any atom is -0.493 e. The maximum absolute atomic E-state index is 12.3. The van der Waals surface area contributed by atoms with Gasteiger partial charge in [-0.2, -0.15) is 0 Å². The topological polar surface area (TPSA) is 39.2 Å². The predicted molar refractivity (Wildman–Crippen MR) is 68.0 cm³/mol. The lowest BCUT2D eigenvalue weighted by Gasteiger charge is -2.04. The first-order chi connectivity index (χ1) is 8.74. The molecule has 0 unspecified atom stereocenters. The number of rotatable bonds is 2. The molecule has 2 heterocycles. The number of ether oxygens (including phenoxy) is 1. The van der Waals surface area contributed by atoms with Gasteiger partial charge in [0.15, 0.2) is 0 Å². The van der Waals surface area contributed by atoms with E-state index in [9.17, 15) is 4.79 Å². The van der Waals surface area contributed by atoms with Gasteiger partial charge in [-0.1, -0.05) is 6.07 Å². The van der Waals surface area contributed by atoms with Crippen LogP contribution in [0.1, 0.15) is 27.3 Å². The second-order valence-electron chi connectivity index (χ2n) is 4.41. The van der Waals surface area contributed by atoms with Gasteiger partial charge in [0, 0.05) is 17.7 Å². The largest absolute Gasteiger partial charge is 0.493 e. The number of hydrogen-bond donors (Lipinski definition) is 0. The average molecular weight is 239 g/mol. The minimum atomic E-state index is -0.0339. The van der Waals surface area contributed by atoms with E-state index in [2.05, 4.69) is 4.98 Å². The third-order valence-electron chi connectivity index (χ3n) is 3.07. The van der Waals surface area contributed by atoms with Crippen molar-refractivity contribution in [2.45, 2.75) is 13.3 Å². The lowest BCUT2D eigenvalue weighted by Crippen LogP contribution is -2.05. The molecule has 0 saturated carbocycles. The number of fused-ring (bicyclic) bond motifs is 1. The highest BCUT2D eigenvalue weighted by atomic mass is 16.5. The van der Waals surface area contributed by atoms with Gasteiger partial charge in [-0.3, -0.25) is 4.79 Å². The van der Waals surface area contributed by atoms with E-state index in [1.165, 1.54) is 0 Å². The summed E-state index contributed by atoms with van der Waals surface area (Å²) in [5.41, 5.74) is 3.13. The molecule has 1 aliphatic rings. The molecule has 3 rings (SSSR count). The molecule has 0 N–H and O–H groups in total. The monoisotopic (exact) mass is 239 g/mol. The normalized spacial score (nSPS) is 12.9. The molecule has 0 saturated heterocycles. The van der Waals surface area contributed by atoms with Crippen LogP contribution in [0.3, 0.4) is 0 Å². The summed E-state index contributed by atoms with van der Waals surface area (Å²) in [7, 11) is 0. The molecule has 0 spiro atoms. The Morgan fingerprint density at radius 3 is 3.00 bits per heavy atom. The first kappa shape index (κ1) is 11.0. The Hall–Kier alpha value is -2.16. The van der Waals surface area contributed by atoms with E-state index >= 15 is 0 Å². The molecule has 0 aliphatic carbocycles. The fourth-order valence-electron chi connectivity index (χ4n) is 2.15. The number of aromatic nitrogens is 1. The second kappa shape index (κ2) is 4.26. The van der Waals surface area contributed by atoms with Crippen LogP contribution in [-0.2, 0) is 6.42 Å². The summed E-state index contributed by atoms with van der Waals surface area (Å²) in [5.74, 6) is 0.858. The van der Waals surface area contributed by atoms with E-state index < -0.39 is 0 Å². The summed E-state index contributed by atoms with van der Waals surface area (Å²) in [6.07, 6.45) is 0.873. The zero-order valence-corrected chi connectivity index (χ0v) is 10.1.